The van der Waals surface area contributed by atoms with E-state index in [0.29, 0.717) is 5.92 Å². The summed E-state index contributed by atoms with van der Waals surface area (Å²) in [5.41, 5.74) is 2.51. The Labute approximate surface area is 218 Å². The van der Waals surface area contributed by atoms with Crippen molar-refractivity contribution in [1.29, 1.82) is 0 Å². The molecule has 0 aromatic rings. The lowest BCUT2D eigenvalue weighted by molar-refractivity contribution is -0.518. The second-order valence-electron chi connectivity index (χ2n) is 9.73. The summed E-state index contributed by atoms with van der Waals surface area (Å²) in [6.07, 6.45) is 26.7. The summed E-state index contributed by atoms with van der Waals surface area (Å²) in [4.78, 5) is 19.7. The van der Waals surface area contributed by atoms with Crippen LogP contribution in [0.3, 0.4) is 0 Å². The van der Waals surface area contributed by atoms with E-state index in [-0.39, 0.29) is 12.2 Å². The summed E-state index contributed by atoms with van der Waals surface area (Å²) in [5, 5.41) is 9.33. The highest BCUT2D eigenvalue weighted by Gasteiger charge is 2.24. The van der Waals surface area contributed by atoms with E-state index < -0.39 is 0 Å². The lowest BCUT2D eigenvalue weighted by Gasteiger charge is -2.25. The first-order valence-electron chi connectivity index (χ1n) is 13.6. The van der Waals surface area contributed by atoms with E-state index in [1.165, 1.54) is 81.6 Å². The van der Waals surface area contributed by atoms with Crippen molar-refractivity contribution in [1.82, 2.24) is 0 Å². The van der Waals surface area contributed by atoms with Crippen molar-refractivity contribution in [3.63, 3.8) is 0 Å². The zero-order valence-electron chi connectivity index (χ0n) is 22.0. The minimum Gasteiger partial charge on any atom is -0.317 e. The van der Waals surface area contributed by atoms with Gasteiger partial charge < -0.3 is 9.78 Å². The number of allylic oxidation sites excluding steroid dienone is 6. The molecule has 0 bridgehead atoms. The van der Waals surface area contributed by atoms with Crippen molar-refractivity contribution in [2.24, 2.45) is 11.8 Å². The monoisotopic (exact) mass is 502 g/mol. The highest BCUT2D eigenvalue weighted by atomic mass is 17.5. The maximum atomic E-state index is 5.25. The average Bonchev–Trinajstić information content (AvgIpc) is 2.94. The van der Waals surface area contributed by atoms with Gasteiger partial charge in [0.05, 0.1) is 12.2 Å². The quantitative estimate of drug-likeness (QED) is 0.0825. The molecule has 0 unspecified atom stereocenters. The van der Waals surface area contributed by atoms with E-state index in [1.54, 1.807) is 0 Å². The number of hydrogen-bond donors (Lipinski definition) is 0. The molecule has 3 rings (SSSR count). The smallest absolute Gasteiger partial charge is 0.132 e. The zero-order valence-corrected chi connectivity index (χ0v) is 22.0. The van der Waals surface area contributed by atoms with E-state index in [4.69, 9.17) is 19.7 Å². The standard InChI is InChI=1S/C20H30O6.C10H16/c1-3-17(18-9-6-5-7-10-18)11-8-16-22-26-24-20-14-12-19(13-15-20)23-25-21-4-2;1-3-9(2)10-7-5-4-6-8-10/h3-4,8,11,16,18-20H,1-2,5-7,9-10,12-15H2;3,10H,1-2,4-8H2/b16-8-,17-11+;. The predicted molar refractivity (Wildman–Crippen MR) is 143 cm³/mol. The highest BCUT2D eigenvalue weighted by molar-refractivity contribution is 5.24. The number of rotatable bonds is 13. The first-order valence-corrected chi connectivity index (χ1v) is 13.6. The Morgan fingerprint density at radius 1 is 0.611 bits per heavy atom. The van der Waals surface area contributed by atoms with Crippen molar-refractivity contribution in [2.45, 2.75) is 102 Å². The van der Waals surface area contributed by atoms with Crippen molar-refractivity contribution in [2.75, 3.05) is 0 Å². The van der Waals surface area contributed by atoms with Crippen molar-refractivity contribution >= 4 is 0 Å². The Hall–Kier alpha value is -2.12. The lowest BCUT2D eigenvalue weighted by Crippen LogP contribution is -2.26. The van der Waals surface area contributed by atoms with Crippen LogP contribution in [-0.2, 0) is 29.6 Å². The molecule has 3 aliphatic rings. The minimum absolute atomic E-state index is 0.0159. The van der Waals surface area contributed by atoms with Gasteiger partial charge in [0.25, 0.3) is 0 Å². The molecule has 0 heterocycles. The normalized spacial score (nSPS) is 23.8. The maximum Gasteiger partial charge on any atom is 0.132 e. The van der Waals surface area contributed by atoms with E-state index in [0.717, 1.165) is 37.9 Å². The van der Waals surface area contributed by atoms with Gasteiger partial charge in [0.2, 0.25) is 0 Å². The van der Waals surface area contributed by atoms with E-state index in [2.05, 4.69) is 36.2 Å². The maximum absolute atomic E-state index is 5.25. The molecule has 0 aliphatic heterocycles. The molecule has 36 heavy (non-hydrogen) atoms. The fourth-order valence-corrected chi connectivity index (χ4v) is 5.06. The van der Waals surface area contributed by atoms with Gasteiger partial charge in [-0.15, -0.1) is 0 Å². The average molecular weight is 503 g/mol. The van der Waals surface area contributed by atoms with E-state index >= 15 is 0 Å². The van der Waals surface area contributed by atoms with Crippen LogP contribution in [0.4, 0.5) is 0 Å². The molecule has 0 aromatic heterocycles. The molecule has 6 nitrogen and oxygen atoms in total. The van der Waals surface area contributed by atoms with Crippen LogP contribution in [0.5, 0.6) is 0 Å². The summed E-state index contributed by atoms with van der Waals surface area (Å²) in [6.45, 7) is 15.0. The molecule has 202 valence electrons. The van der Waals surface area contributed by atoms with Crippen molar-refractivity contribution in [3.05, 3.63) is 74.3 Å². The predicted octanol–water partition coefficient (Wildman–Crippen LogP) is 8.72. The molecule has 0 aromatic carbocycles. The molecule has 0 atom stereocenters. The van der Waals surface area contributed by atoms with Crippen LogP contribution in [0, 0.1) is 11.8 Å². The molecule has 0 amide bonds. The SMILES string of the molecule is C=CC(=C)C1CCCCC1.C=COOOC1CCC(OOO/C=C\C=C(/C=C)C2CCCCC2)CC1. The Morgan fingerprint density at radius 2 is 1.14 bits per heavy atom. The second-order valence-corrected chi connectivity index (χ2v) is 9.73. The van der Waals surface area contributed by atoms with Crippen LogP contribution in [0.15, 0.2) is 74.3 Å². The second kappa shape index (κ2) is 19.1. The molecule has 0 radical (unpaired) electrons. The van der Waals surface area contributed by atoms with Gasteiger partial charge in [0, 0.05) is 0 Å². The molecule has 0 spiro atoms. The van der Waals surface area contributed by atoms with Gasteiger partial charge in [0.1, 0.15) is 12.5 Å². The molecule has 0 saturated heterocycles. The highest BCUT2D eigenvalue weighted by Crippen LogP contribution is 2.30. The number of hydrogen-bond acceptors (Lipinski definition) is 6. The molecular weight excluding hydrogens is 456 g/mol. The van der Waals surface area contributed by atoms with Gasteiger partial charge in [-0.3, -0.25) is 0 Å². The summed E-state index contributed by atoms with van der Waals surface area (Å²) < 4.78 is 0. The van der Waals surface area contributed by atoms with Gasteiger partial charge in [-0.25, -0.2) is 0 Å². The van der Waals surface area contributed by atoms with Crippen LogP contribution in [0.1, 0.15) is 89.9 Å². The van der Waals surface area contributed by atoms with E-state index in [1.807, 2.05) is 24.3 Å². The molecule has 6 heteroatoms. The Balaban J connectivity index is 0.000000380. The largest absolute Gasteiger partial charge is 0.317 e. The van der Waals surface area contributed by atoms with Crippen molar-refractivity contribution < 1.29 is 29.6 Å². The van der Waals surface area contributed by atoms with Gasteiger partial charge >= 0.3 is 0 Å². The van der Waals surface area contributed by atoms with Crippen LogP contribution in [0.2, 0.25) is 0 Å². The first-order chi connectivity index (χ1) is 17.7. The third kappa shape index (κ3) is 12.2. The molecular formula is C30H46O6. The molecule has 0 N–H and O–H groups in total. The third-order valence-electron chi connectivity index (χ3n) is 7.25. The first kappa shape index (κ1) is 30.1. The Bertz CT molecular complexity index is 692. The minimum atomic E-state index is -0.0231. The summed E-state index contributed by atoms with van der Waals surface area (Å²) in [6, 6.07) is 0. The van der Waals surface area contributed by atoms with Crippen LogP contribution in [-0.4, -0.2) is 12.2 Å². The van der Waals surface area contributed by atoms with Gasteiger partial charge in [0.15, 0.2) is 0 Å². The molecule has 3 aliphatic carbocycles. The fourth-order valence-electron chi connectivity index (χ4n) is 5.06. The molecule has 3 saturated carbocycles. The Kier molecular flexibility index (Phi) is 15.9. The summed E-state index contributed by atoms with van der Waals surface area (Å²) in [5.74, 6) is 1.37. The van der Waals surface area contributed by atoms with Gasteiger partial charge in [-0.1, -0.05) is 88.6 Å². The summed E-state index contributed by atoms with van der Waals surface area (Å²) >= 11 is 0. The zero-order chi connectivity index (χ0) is 25.8. The lowest BCUT2D eigenvalue weighted by atomic mass is 9.83. The summed E-state index contributed by atoms with van der Waals surface area (Å²) in [7, 11) is 0. The fraction of sp³-hybridized carbons (Fsp3) is 0.600. The van der Waals surface area contributed by atoms with Gasteiger partial charge in [-0.05, 0) is 84.9 Å². The van der Waals surface area contributed by atoms with Crippen LogP contribution < -0.4 is 0 Å². The van der Waals surface area contributed by atoms with Crippen LogP contribution >= 0.6 is 0 Å². The van der Waals surface area contributed by atoms with Crippen molar-refractivity contribution in [3.8, 4) is 0 Å². The van der Waals surface area contributed by atoms with Crippen LogP contribution in [0.25, 0.3) is 0 Å². The Morgan fingerprint density at radius 3 is 1.64 bits per heavy atom. The molecule has 3 fully saturated rings. The third-order valence-corrected chi connectivity index (χ3v) is 7.25. The van der Waals surface area contributed by atoms with Gasteiger partial charge in [-0.2, -0.15) is 9.78 Å². The van der Waals surface area contributed by atoms with E-state index in [9.17, 15) is 0 Å². The topological polar surface area (TPSA) is 55.4 Å².